The fourth-order valence-electron chi connectivity index (χ4n) is 5.09. The lowest BCUT2D eigenvalue weighted by Gasteiger charge is -2.38. The van der Waals surface area contributed by atoms with Gasteiger partial charge in [-0.3, -0.25) is 4.79 Å². The molecule has 6 heteroatoms. The molecule has 0 N–H and O–H groups in total. The number of halogens is 1. The Bertz CT molecular complexity index is 1230. The summed E-state index contributed by atoms with van der Waals surface area (Å²) in [6, 6.07) is 23.4. The van der Waals surface area contributed by atoms with Crippen molar-refractivity contribution in [2.75, 3.05) is 19.8 Å². The third-order valence-electron chi connectivity index (χ3n) is 6.82. The molecule has 3 aromatic rings. The van der Waals surface area contributed by atoms with Crippen molar-refractivity contribution in [1.29, 1.82) is 0 Å². The van der Waals surface area contributed by atoms with Gasteiger partial charge in [-0.25, -0.2) is 4.79 Å². The molecule has 180 valence electrons. The first-order valence-corrected chi connectivity index (χ1v) is 12.5. The number of carbonyl (C=O) groups excluding carboxylic acids is 2. The van der Waals surface area contributed by atoms with Gasteiger partial charge in [0.25, 0.3) is 0 Å². The highest BCUT2D eigenvalue weighted by molar-refractivity contribution is 6.30. The molecule has 0 aromatic heterocycles. The molecule has 2 aliphatic rings. The first-order valence-electron chi connectivity index (χ1n) is 12.1. The second-order valence-corrected chi connectivity index (χ2v) is 9.45. The van der Waals surface area contributed by atoms with Crippen LogP contribution < -0.4 is 4.74 Å². The fraction of sp³-hybridized carbons (Fsp3) is 0.310. The molecule has 0 unspecified atom stereocenters. The summed E-state index contributed by atoms with van der Waals surface area (Å²) in [6.07, 6.45) is 1.65. The van der Waals surface area contributed by atoms with E-state index in [1.807, 2.05) is 41.3 Å². The van der Waals surface area contributed by atoms with Gasteiger partial charge in [0.2, 0.25) is 5.91 Å². The van der Waals surface area contributed by atoms with Crippen LogP contribution in [-0.2, 0) is 20.7 Å². The smallest absolute Gasteiger partial charge is 0.344 e. The zero-order valence-electron chi connectivity index (χ0n) is 19.7. The highest BCUT2D eigenvalue weighted by atomic mass is 35.5. The molecule has 0 radical (unpaired) electrons. The molecule has 5 nitrogen and oxygen atoms in total. The van der Waals surface area contributed by atoms with Gasteiger partial charge in [-0.15, -0.1) is 0 Å². The van der Waals surface area contributed by atoms with E-state index in [4.69, 9.17) is 21.1 Å². The standard InChI is InChI=1S/C29H28ClNO4/c1-2-34-27(32)18-35-26-13-12-21(30)16-25(26)28-22-11-7-6-10-20(22)14-15-31(28)29(33)24-17-23(24)19-8-4-3-5-9-19/h3-13,16,23-24,28H,2,14-15,17-18H2,1H3/t23-,24+,28-/m0/s1. The van der Waals surface area contributed by atoms with E-state index >= 15 is 0 Å². The third kappa shape index (κ3) is 4.92. The second kappa shape index (κ2) is 10.1. The van der Waals surface area contributed by atoms with Crippen molar-refractivity contribution in [2.45, 2.75) is 31.7 Å². The molecule has 3 atom stereocenters. The van der Waals surface area contributed by atoms with Crippen molar-refractivity contribution in [3.8, 4) is 5.75 Å². The van der Waals surface area contributed by atoms with Crippen molar-refractivity contribution in [2.24, 2.45) is 5.92 Å². The highest BCUT2D eigenvalue weighted by Gasteiger charge is 2.48. The molecule has 1 fully saturated rings. The number of ether oxygens (including phenoxy) is 2. The first kappa shape index (κ1) is 23.4. The van der Waals surface area contributed by atoms with Gasteiger partial charge < -0.3 is 14.4 Å². The van der Waals surface area contributed by atoms with Crippen LogP contribution in [0.15, 0.2) is 72.8 Å². The fourth-order valence-corrected chi connectivity index (χ4v) is 5.27. The second-order valence-electron chi connectivity index (χ2n) is 9.02. The SMILES string of the molecule is CCOC(=O)COc1ccc(Cl)cc1[C@@H]1c2ccccc2CCN1C(=O)[C@@H]1C[C@H]1c1ccccc1. The summed E-state index contributed by atoms with van der Waals surface area (Å²) in [5, 5.41) is 0.549. The summed E-state index contributed by atoms with van der Waals surface area (Å²) in [4.78, 5) is 27.8. The summed E-state index contributed by atoms with van der Waals surface area (Å²) in [5.74, 6) is 0.453. The van der Waals surface area contributed by atoms with Crippen LogP contribution in [0.1, 0.15) is 47.6 Å². The average molecular weight is 490 g/mol. The Morgan fingerprint density at radius 1 is 1.00 bits per heavy atom. The van der Waals surface area contributed by atoms with Crippen molar-refractivity contribution in [1.82, 2.24) is 4.90 Å². The molecule has 35 heavy (non-hydrogen) atoms. The Morgan fingerprint density at radius 3 is 2.57 bits per heavy atom. The quantitative estimate of drug-likeness (QED) is 0.408. The van der Waals surface area contributed by atoms with Crippen molar-refractivity contribution < 1.29 is 19.1 Å². The summed E-state index contributed by atoms with van der Waals surface area (Å²) in [5.41, 5.74) is 4.25. The van der Waals surface area contributed by atoms with E-state index in [2.05, 4.69) is 24.3 Å². The van der Waals surface area contributed by atoms with Gasteiger partial charge >= 0.3 is 5.97 Å². The summed E-state index contributed by atoms with van der Waals surface area (Å²) >= 11 is 6.43. The van der Waals surface area contributed by atoms with E-state index in [1.165, 1.54) is 11.1 Å². The number of hydrogen-bond donors (Lipinski definition) is 0. The predicted octanol–water partition coefficient (Wildman–Crippen LogP) is 5.56. The van der Waals surface area contributed by atoms with E-state index in [1.54, 1.807) is 19.1 Å². The van der Waals surface area contributed by atoms with Gasteiger partial charge in [0, 0.05) is 23.0 Å². The van der Waals surface area contributed by atoms with Crippen molar-refractivity contribution in [3.63, 3.8) is 0 Å². The molecule has 0 saturated heterocycles. The minimum atomic E-state index is -0.436. The molecule has 0 spiro atoms. The van der Waals surface area contributed by atoms with Crippen LogP contribution in [0.3, 0.4) is 0 Å². The molecular formula is C29H28ClNO4. The largest absolute Gasteiger partial charge is 0.482 e. The monoisotopic (exact) mass is 489 g/mol. The van der Waals surface area contributed by atoms with Crippen LogP contribution in [0.2, 0.25) is 5.02 Å². The number of hydrogen-bond acceptors (Lipinski definition) is 4. The van der Waals surface area contributed by atoms with Crippen LogP contribution in [0, 0.1) is 5.92 Å². The molecule has 0 bridgehead atoms. The Balaban J connectivity index is 1.49. The maximum Gasteiger partial charge on any atom is 0.344 e. The number of carbonyl (C=O) groups is 2. The Kier molecular flexibility index (Phi) is 6.78. The lowest BCUT2D eigenvalue weighted by Crippen LogP contribution is -2.41. The first-order chi connectivity index (χ1) is 17.1. The molecule has 1 heterocycles. The maximum atomic E-state index is 13.9. The summed E-state index contributed by atoms with van der Waals surface area (Å²) in [7, 11) is 0. The summed E-state index contributed by atoms with van der Waals surface area (Å²) < 4.78 is 10.9. The van der Waals surface area contributed by atoms with E-state index in [0.29, 0.717) is 17.3 Å². The zero-order valence-corrected chi connectivity index (χ0v) is 20.4. The van der Waals surface area contributed by atoms with Gasteiger partial charge in [0.05, 0.1) is 12.6 Å². The number of benzene rings is 3. The van der Waals surface area contributed by atoms with Crippen molar-refractivity contribution >= 4 is 23.5 Å². The molecule has 1 saturated carbocycles. The number of rotatable bonds is 7. The Labute approximate surface area is 210 Å². The molecule has 5 rings (SSSR count). The van der Waals surface area contributed by atoms with Crippen LogP contribution in [0.25, 0.3) is 0 Å². The normalized spacial score (nSPS) is 20.6. The lowest BCUT2D eigenvalue weighted by atomic mass is 9.87. The minimum Gasteiger partial charge on any atom is -0.482 e. The van der Waals surface area contributed by atoms with Crippen LogP contribution in [0.4, 0.5) is 0 Å². The van der Waals surface area contributed by atoms with Crippen LogP contribution in [0.5, 0.6) is 5.75 Å². The summed E-state index contributed by atoms with van der Waals surface area (Å²) in [6.45, 7) is 2.46. The van der Waals surface area contributed by atoms with Gasteiger partial charge in [-0.05, 0) is 60.6 Å². The zero-order chi connectivity index (χ0) is 24.4. The van der Waals surface area contributed by atoms with E-state index in [9.17, 15) is 9.59 Å². The lowest BCUT2D eigenvalue weighted by molar-refractivity contribution is -0.145. The van der Waals surface area contributed by atoms with Crippen LogP contribution in [-0.4, -0.2) is 36.5 Å². The highest BCUT2D eigenvalue weighted by Crippen LogP contribution is 2.51. The number of esters is 1. The van der Waals surface area contributed by atoms with E-state index in [-0.39, 0.29) is 37.0 Å². The number of fused-ring (bicyclic) bond motifs is 1. The average Bonchev–Trinajstić information content (AvgIpc) is 3.69. The van der Waals surface area contributed by atoms with E-state index < -0.39 is 5.97 Å². The third-order valence-corrected chi connectivity index (χ3v) is 7.05. The number of nitrogens with zero attached hydrogens (tertiary/aromatic N) is 1. The topological polar surface area (TPSA) is 55.8 Å². The molecule has 1 amide bonds. The Hall–Kier alpha value is -3.31. The van der Waals surface area contributed by atoms with E-state index in [0.717, 1.165) is 24.0 Å². The van der Waals surface area contributed by atoms with Gasteiger partial charge in [-0.2, -0.15) is 0 Å². The minimum absolute atomic E-state index is 0.0340. The van der Waals surface area contributed by atoms with Gasteiger partial charge in [0.1, 0.15) is 5.75 Å². The molecule has 1 aliphatic heterocycles. The Morgan fingerprint density at radius 2 is 1.77 bits per heavy atom. The number of amides is 1. The molecular weight excluding hydrogens is 462 g/mol. The van der Waals surface area contributed by atoms with Gasteiger partial charge in [0.15, 0.2) is 6.61 Å². The maximum absolute atomic E-state index is 13.9. The molecule has 1 aliphatic carbocycles. The van der Waals surface area contributed by atoms with Gasteiger partial charge in [-0.1, -0.05) is 66.2 Å². The van der Waals surface area contributed by atoms with Crippen LogP contribution >= 0.6 is 11.6 Å². The van der Waals surface area contributed by atoms with Crippen molar-refractivity contribution in [3.05, 3.63) is 100 Å². The predicted molar refractivity (Wildman–Crippen MR) is 135 cm³/mol. The molecule has 3 aromatic carbocycles.